The van der Waals surface area contributed by atoms with E-state index in [0.29, 0.717) is 37.8 Å². The van der Waals surface area contributed by atoms with E-state index < -0.39 is 69.6 Å². The van der Waals surface area contributed by atoms with Gasteiger partial charge in [0.25, 0.3) is 5.91 Å². The van der Waals surface area contributed by atoms with E-state index in [2.05, 4.69) is 25.6 Å². The molecule has 9 nitrogen and oxygen atoms in total. The number of ether oxygens (including phenoxy) is 1. The molecule has 5 rings (SSSR count). The van der Waals surface area contributed by atoms with Crippen LogP contribution in [-0.4, -0.2) is 50.8 Å². The van der Waals surface area contributed by atoms with Gasteiger partial charge in [-0.2, -0.15) is 18.3 Å². The van der Waals surface area contributed by atoms with Crippen molar-refractivity contribution in [2.24, 2.45) is 7.05 Å². The van der Waals surface area contributed by atoms with Crippen molar-refractivity contribution in [3.8, 4) is 17.1 Å². The molecule has 1 aliphatic heterocycles. The zero-order valence-electron chi connectivity index (χ0n) is 26.4. The maximum atomic E-state index is 16.7. The molecular formula is C33H36F5N7O2. The van der Waals surface area contributed by atoms with Crippen LogP contribution in [0.3, 0.4) is 0 Å². The van der Waals surface area contributed by atoms with Crippen molar-refractivity contribution >= 4 is 17.3 Å². The molecule has 3 heterocycles. The quantitative estimate of drug-likeness (QED) is 0.171. The first-order valence-corrected chi connectivity index (χ1v) is 15.1. The van der Waals surface area contributed by atoms with Gasteiger partial charge in [0, 0.05) is 44.5 Å². The number of benzene rings is 2. The van der Waals surface area contributed by atoms with Crippen LogP contribution in [0.2, 0.25) is 0 Å². The molecule has 0 bridgehead atoms. The van der Waals surface area contributed by atoms with Crippen molar-refractivity contribution in [3.05, 3.63) is 88.2 Å². The Balaban J connectivity index is 1.65. The lowest BCUT2D eigenvalue weighted by Gasteiger charge is -2.26. The maximum absolute atomic E-state index is 16.7. The van der Waals surface area contributed by atoms with E-state index in [1.54, 1.807) is 33.2 Å². The fraction of sp³-hybridized carbons (Fsp3) is 0.364. The number of carbonyl (C=O) groups excluding carboxylic acids is 1. The second-order valence-corrected chi connectivity index (χ2v) is 11.8. The molecule has 1 amide bonds. The molecule has 2 atom stereocenters. The van der Waals surface area contributed by atoms with Gasteiger partial charge in [0.2, 0.25) is 5.88 Å². The van der Waals surface area contributed by atoms with Crippen molar-refractivity contribution in [1.82, 2.24) is 25.0 Å². The molecule has 0 saturated heterocycles. The molecule has 2 aromatic carbocycles. The Morgan fingerprint density at radius 1 is 1.13 bits per heavy atom. The van der Waals surface area contributed by atoms with Gasteiger partial charge >= 0.3 is 6.18 Å². The largest absolute Gasteiger partial charge is 0.474 e. The number of alkyl halides is 3. The third-order valence-corrected chi connectivity index (χ3v) is 7.94. The SMILES string of the molecule is Cc1c(F)c(N)cc(-c2nc3c(c(NCc4ccn(C)n4)c2F)C(=O)N[C@H](C)CN(Cc2ccccc2)CC[C@H](C)O3)c1C(F)(F)F. The number of fused-ring (bicyclic) bond motifs is 1. The molecule has 0 unspecified atom stereocenters. The lowest BCUT2D eigenvalue weighted by molar-refractivity contribution is -0.137. The van der Waals surface area contributed by atoms with E-state index in [-0.39, 0.29) is 18.0 Å². The second-order valence-electron chi connectivity index (χ2n) is 11.8. The minimum absolute atomic E-state index is 0.0897. The van der Waals surface area contributed by atoms with Gasteiger partial charge in [0.05, 0.1) is 35.3 Å². The number of amides is 1. The van der Waals surface area contributed by atoms with Crippen LogP contribution >= 0.6 is 0 Å². The van der Waals surface area contributed by atoms with Crippen molar-refractivity contribution in [2.75, 3.05) is 24.1 Å². The molecule has 14 heteroatoms. The summed E-state index contributed by atoms with van der Waals surface area (Å²) >= 11 is 0. The lowest BCUT2D eigenvalue weighted by atomic mass is 9.95. The number of pyridine rings is 1. The molecule has 2 aromatic heterocycles. The summed E-state index contributed by atoms with van der Waals surface area (Å²) in [7, 11) is 1.69. The van der Waals surface area contributed by atoms with Gasteiger partial charge in [-0.25, -0.2) is 13.8 Å². The fourth-order valence-corrected chi connectivity index (χ4v) is 5.71. The van der Waals surface area contributed by atoms with Gasteiger partial charge in [0.15, 0.2) is 5.82 Å². The molecule has 0 radical (unpaired) electrons. The molecule has 0 fully saturated rings. The van der Waals surface area contributed by atoms with Gasteiger partial charge in [0.1, 0.15) is 17.1 Å². The highest BCUT2D eigenvalue weighted by Crippen LogP contribution is 2.44. The average molecular weight is 658 g/mol. The zero-order valence-corrected chi connectivity index (χ0v) is 26.4. The van der Waals surface area contributed by atoms with Crippen molar-refractivity contribution in [1.29, 1.82) is 0 Å². The number of hydrogen-bond acceptors (Lipinski definition) is 7. The maximum Gasteiger partial charge on any atom is 0.417 e. The molecule has 47 heavy (non-hydrogen) atoms. The van der Waals surface area contributed by atoms with Crippen LogP contribution in [-0.2, 0) is 26.3 Å². The summed E-state index contributed by atoms with van der Waals surface area (Å²) in [5.74, 6) is -3.67. The first-order chi connectivity index (χ1) is 22.2. The van der Waals surface area contributed by atoms with Crippen molar-refractivity contribution in [2.45, 2.75) is 58.6 Å². The van der Waals surface area contributed by atoms with E-state index in [0.717, 1.165) is 12.5 Å². The average Bonchev–Trinajstić information content (AvgIpc) is 3.41. The Bertz CT molecular complexity index is 1760. The number of aryl methyl sites for hydroxylation is 1. The Kier molecular flexibility index (Phi) is 9.70. The van der Waals surface area contributed by atoms with Crippen LogP contribution in [0.15, 0.2) is 48.7 Å². The fourth-order valence-electron chi connectivity index (χ4n) is 5.71. The predicted molar refractivity (Wildman–Crippen MR) is 168 cm³/mol. The lowest BCUT2D eigenvalue weighted by Crippen LogP contribution is -2.42. The van der Waals surface area contributed by atoms with Gasteiger partial charge in [-0.3, -0.25) is 14.4 Å². The highest BCUT2D eigenvalue weighted by atomic mass is 19.4. The van der Waals surface area contributed by atoms with Gasteiger partial charge in [-0.1, -0.05) is 30.3 Å². The van der Waals surface area contributed by atoms with Crippen LogP contribution in [0, 0.1) is 18.6 Å². The molecule has 4 aromatic rings. The number of aromatic nitrogens is 3. The van der Waals surface area contributed by atoms with Crippen LogP contribution in [0.1, 0.15) is 53.0 Å². The number of hydrogen-bond donors (Lipinski definition) is 3. The van der Waals surface area contributed by atoms with E-state index >= 15 is 4.39 Å². The Hall–Kier alpha value is -4.72. The number of rotatable bonds is 6. The summed E-state index contributed by atoms with van der Waals surface area (Å²) in [6.45, 7) is 5.96. The summed E-state index contributed by atoms with van der Waals surface area (Å²) in [5, 5.41) is 9.99. The number of nitrogens with one attached hydrogen (secondary N) is 2. The Morgan fingerprint density at radius 3 is 2.51 bits per heavy atom. The third-order valence-electron chi connectivity index (χ3n) is 7.94. The summed E-state index contributed by atoms with van der Waals surface area (Å²) < 4.78 is 82.2. The number of carbonyl (C=O) groups is 1. The van der Waals surface area contributed by atoms with Crippen LogP contribution in [0.25, 0.3) is 11.3 Å². The zero-order chi connectivity index (χ0) is 34.0. The predicted octanol–water partition coefficient (Wildman–Crippen LogP) is 6.07. The van der Waals surface area contributed by atoms with Crippen molar-refractivity contribution < 1.29 is 31.5 Å². The molecule has 4 N–H and O–H groups in total. The minimum atomic E-state index is -5.09. The molecule has 1 aliphatic rings. The summed E-state index contributed by atoms with van der Waals surface area (Å²) in [6, 6.07) is 11.7. The summed E-state index contributed by atoms with van der Waals surface area (Å²) in [4.78, 5) is 20.3. The van der Waals surface area contributed by atoms with Crippen molar-refractivity contribution in [3.63, 3.8) is 0 Å². The van der Waals surface area contributed by atoms with Crippen LogP contribution in [0.5, 0.6) is 5.88 Å². The number of nitrogen functional groups attached to an aromatic ring is 1. The summed E-state index contributed by atoms with van der Waals surface area (Å²) in [5.41, 5.74) is 2.05. The van der Waals surface area contributed by atoms with E-state index in [4.69, 9.17) is 10.5 Å². The van der Waals surface area contributed by atoms with E-state index in [1.807, 2.05) is 30.3 Å². The normalized spacial score (nSPS) is 17.8. The Labute approximate surface area is 268 Å². The van der Waals surface area contributed by atoms with Gasteiger partial charge in [-0.05, 0) is 50.5 Å². The number of halogens is 5. The van der Waals surface area contributed by atoms with Crippen LogP contribution < -0.4 is 21.1 Å². The van der Waals surface area contributed by atoms with E-state index in [1.165, 1.54) is 4.68 Å². The topological polar surface area (TPSA) is 110 Å². The van der Waals surface area contributed by atoms with E-state index in [9.17, 15) is 22.4 Å². The van der Waals surface area contributed by atoms with Gasteiger partial charge in [-0.15, -0.1) is 0 Å². The standard InChI is InChI=1S/C33H36F5N7O2/c1-18-16-45(17-21-8-6-5-7-9-21)13-10-19(2)47-32-25(31(46)41-18)30(40-15-22-11-12-44(4)43-22)28(35)29(42-32)23-14-24(39)27(34)20(3)26(23)33(36,37)38/h5-9,11-12,14,18-19H,10,13,15-17,39H2,1-4H3,(H,40,42)(H,41,46)/t18-,19+/m1/s1. The first kappa shape index (κ1) is 33.6. The number of nitrogens with two attached hydrogens (primary N) is 1. The molecule has 0 spiro atoms. The monoisotopic (exact) mass is 657 g/mol. The smallest absolute Gasteiger partial charge is 0.417 e. The van der Waals surface area contributed by atoms with Gasteiger partial charge < -0.3 is 21.1 Å². The number of nitrogens with zero attached hydrogens (tertiary/aromatic N) is 4. The highest BCUT2D eigenvalue weighted by molar-refractivity contribution is 6.03. The third kappa shape index (κ3) is 7.48. The first-order valence-electron chi connectivity index (χ1n) is 15.1. The molecular weight excluding hydrogens is 621 g/mol. The molecule has 250 valence electrons. The summed E-state index contributed by atoms with van der Waals surface area (Å²) in [6.07, 6.45) is -3.57. The molecule has 0 saturated carbocycles. The minimum Gasteiger partial charge on any atom is -0.474 e. The number of anilines is 2. The Morgan fingerprint density at radius 2 is 1.85 bits per heavy atom. The highest BCUT2D eigenvalue weighted by Gasteiger charge is 2.40. The molecule has 0 aliphatic carbocycles. The van der Waals surface area contributed by atoms with Crippen LogP contribution in [0.4, 0.5) is 33.3 Å². The second kappa shape index (κ2) is 13.6.